The van der Waals surface area contributed by atoms with Gasteiger partial charge in [0.1, 0.15) is 22.1 Å². The number of nitro benzene ring substituents is 1. The molecule has 0 amide bonds. The summed E-state index contributed by atoms with van der Waals surface area (Å²) in [6, 6.07) is 7.04. The zero-order valence-electron chi connectivity index (χ0n) is 17.5. The summed E-state index contributed by atoms with van der Waals surface area (Å²) in [5.41, 5.74) is 2.49. The van der Waals surface area contributed by atoms with E-state index in [1.54, 1.807) is 26.4 Å². The number of likely N-dealkylation sites (N-methyl/N-ethyl adjacent to an activating group) is 1. The average Bonchev–Trinajstić information content (AvgIpc) is 3.13. The Balaban J connectivity index is 1.97. The van der Waals surface area contributed by atoms with E-state index in [1.807, 2.05) is 16.8 Å². The first-order valence-electron chi connectivity index (χ1n) is 9.87. The first kappa shape index (κ1) is 20.5. The van der Waals surface area contributed by atoms with Crippen LogP contribution in [0, 0.1) is 10.1 Å². The van der Waals surface area contributed by atoms with Gasteiger partial charge in [-0.25, -0.2) is 0 Å². The molecule has 0 unspecified atom stereocenters. The topological polar surface area (TPSA) is 82.7 Å². The zero-order chi connectivity index (χ0) is 21.4. The molecule has 4 rings (SSSR count). The predicted octanol–water partition coefficient (Wildman–Crippen LogP) is 4.44. The number of ether oxygens (including phenoxy) is 2. The van der Waals surface area contributed by atoms with E-state index in [1.165, 1.54) is 11.8 Å². The minimum absolute atomic E-state index is 0.0764. The van der Waals surface area contributed by atoms with Crippen LogP contribution in [0.3, 0.4) is 0 Å². The van der Waals surface area contributed by atoms with Crippen LogP contribution in [0.5, 0.6) is 11.5 Å². The summed E-state index contributed by atoms with van der Waals surface area (Å²) in [5, 5.41) is 17.5. The second kappa shape index (κ2) is 8.16. The first-order valence-corrected chi connectivity index (χ1v) is 10.7. The predicted molar refractivity (Wildman–Crippen MR) is 117 cm³/mol. The van der Waals surface area contributed by atoms with Gasteiger partial charge in [0.2, 0.25) is 0 Å². The molecule has 0 fully saturated rings. The van der Waals surface area contributed by atoms with E-state index < -0.39 is 0 Å². The van der Waals surface area contributed by atoms with Gasteiger partial charge < -0.3 is 14.4 Å². The maximum Gasteiger partial charge on any atom is 0.284 e. The number of hydrogen-bond acceptors (Lipinski definition) is 7. The maximum atomic E-state index is 11.8. The van der Waals surface area contributed by atoms with Crippen LogP contribution in [0.25, 0.3) is 22.2 Å². The van der Waals surface area contributed by atoms with Crippen molar-refractivity contribution in [2.45, 2.75) is 30.2 Å². The van der Waals surface area contributed by atoms with E-state index in [0.717, 1.165) is 41.0 Å². The van der Waals surface area contributed by atoms with Gasteiger partial charge in [0.25, 0.3) is 5.69 Å². The van der Waals surface area contributed by atoms with Crippen LogP contribution in [0.1, 0.15) is 13.8 Å². The molecule has 30 heavy (non-hydrogen) atoms. The molecule has 0 saturated carbocycles. The molecule has 1 aliphatic heterocycles. The molecular weight excluding hydrogens is 404 g/mol. The van der Waals surface area contributed by atoms with Crippen LogP contribution in [-0.4, -0.2) is 53.5 Å². The van der Waals surface area contributed by atoms with Crippen LogP contribution < -0.4 is 9.47 Å². The highest BCUT2D eigenvalue weighted by atomic mass is 32.2. The second-order valence-electron chi connectivity index (χ2n) is 6.94. The molecule has 1 aromatic heterocycles. The number of fused-ring (bicyclic) bond motifs is 2. The van der Waals surface area contributed by atoms with Crippen molar-refractivity contribution in [3.8, 4) is 22.8 Å². The quantitative estimate of drug-likeness (QED) is 0.303. The van der Waals surface area contributed by atoms with E-state index >= 15 is 0 Å². The molecule has 0 saturated heterocycles. The van der Waals surface area contributed by atoms with Gasteiger partial charge >= 0.3 is 0 Å². The van der Waals surface area contributed by atoms with Crippen molar-refractivity contribution in [1.29, 1.82) is 0 Å². The fourth-order valence-electron chi connectivity index (χ4n) is 3.90. The lowest BCUT2D eigenvalue weighted by Gasteiger charge is -2.20. The third-order valence-corrected chi connectivity index (χ3v) is 6.76. The molecule has 0 bridgehead atoms. The Morgan fingerprint density at radius 2 is 1.80 bits per heavy atom. The molecule has 0 aliphatic carbocycles. The van der Waals surface area contributed by atoms with Gasteiger partial charge in [-0.3, -0.25) is 14.8 Å². The highest BCUT2D eigenvalue weighted by Gasteiger charge is 2.33. The van der Waals surface area contributed by atoms with Crippen LogP contribution >= 0.6 is 11.8 Å². The number of nitro groups is 1. The van der Waals surface area contributed by atoms with E-state index in [9.17, 15) is 10.1 Å². The normalized spacial score (nSPS) is 12.3. The second-order valence-corrected chi connectivity index (χ2v) is 7.96. The molecule has 0 spiro atoms. The molecule has 0 N–H and O–H groups in total. The maximum absolute atomic E-state index is 11.8. The smallest absolute Gasteiger partial charge is 0.284 e. The summed E-state index contributed by atoms with van der Waals surface area (Å²) in [7, 11) is 3.21. The van der Waals surface area contributed by atoms with Crippen molar-refractivity contribution in [1.82, 2.24) is 14.7 Å². The van der Waals surface area contributed by atoms with E-state index in [-0.39, 0.29) is 10.6 Å². The van der Waals surface area contributed by atoms with Gasteiger partial charge in [-0.15, -0.1) is 0 Å². The van der Waals surface area contributed by atoms with Crippen molar-refractivity contribution in [2.75, 3.05) is 33.9 Å². The van der Waals surface area contributed by atoms with E-state index in [0.29, 0.717) is 28.6 Å². The lowest BCUT2D eigenvalue weighted by Crippen LogP contribution is -2.27. The van der Waals surface area contributed by atoms with Crippen molar-refractivity contribution < 1.29 is 14.4 Å². The Labute approximate surface area is 178 Å². The van der Waals surface area contributed by atoms with E-state index in [2.05, 4.69) is 18.7 Å². The zero-order valence-corrected chi connectivity index (χ0v) is 18.3. The molecule has 1 aliphatic rings. The lowest BCUT2D eigenvalue weighted by atomic mass is 10.0. The SMILES string of the molecule is CCN(CC)CCn1nc2c3c(c([N+](=O)[O-])ccc31)Sc1c(OC)ccc(OC)c1-2. The summed E-state index contributed by atoms with van der Waals surface area (Å²) < 4.78 is 13.1. The number of aromatic nitrogens is 2. The molecule has 0 radical (unpaired) electrons. The Kier molecular flexibility index (Phi) is 5.57. The standard InChI is InChI=1S/C21H24N4O4S/c1-5-23(6-2)11-12-24-13-7-8-14(25(26)27)20-17(13)19(22-24)18-15(28-3)9-10-16(29-4)21(18)30-20/h7-10H,5-6,11-12H2,1-4H3. The van der Waals surface area contributed by atoms with Gasteiger partial charge in [0.05, 0.1) is 41.7 Å². The highest BCUT2D eigenvalue weighted by molar-refractivity contribution is 8.00. The Morgan fingerprint density at radius 3 is 2.43 bits per heavy atom. The first-order chi connectivity index (χ1) is 14.5. The van der Waals surface area contributed by atoms with Gasteiger partial charge in [0.15, 0.2) is 0 Å². The number of methoxy groups -OCH3 is 2. The van der Waals surface area contributed by atoms with Crippen molar-refractivity contribution in [3.63, 3.8) is 0 Å². The number of nitrogens with zero attached hydrogens (tertiary/aromatic N) is 4. The van der Waals surface area contributed by atoms with Gasteiger partial charge in [0, 0.05) is 18.0 Å². The lowest BCUT2D eigenvalue weighted by molar-refractivity contribution is -0.387. The minimum Gasteiger partial charge on any atom is -0.496 e. The fourth-order valence-corrected chi connectivity index (χ4v) is 5.21. The number of rotatable bonds is 8. The molecule has 8 nitrogen and oxygen atoms in total. The largest absolute Gasteiger partial charge is 0.496 e. The van der Waals surface area contributed by atoms with Gasteiger partial charge in [-0.05, 0) is 31.3 Å². The van der Waals surface area contributed by atoms with Crippen molar-refractivity contribution >= 4 is 28.4 Å². The van der Waals surface area contributed by atoms with Crippen LogP contribution in [0.2, 0.25) is 0 Å². The average molecular weight is 429 g/mol. The Morgan fingerprint density at radius 1 is 1.10 bits per heavy atom. The third-order valence-electron chi connectivity index (χ3n) is 5.53. The molecule has 9 heteroatoms. The summed E-state index contributed by atoms with van der Waals surface area (Å²) in [5.74, 6) is 1.32. The van der Waals surface area contributed by atoms with Crippen LogP contribution in [-0.2, 0) is 6.54 Å². The molecule has 2 heterocycles. The summed E-state index contributed by atoms with van der Waals surface area (Å²) in [6.07, 6.45) is 0. The minimum atomic E-state index is -0.337. The van der Waals surface area contributed by atoms with Crippen LogP contribution in [0.15, 0.2) is 34.1 Å². The summed E-state index contributed by atoms with van der Waals surface area (Å²) in [4.78, 5) is 15.1. The molecule has 3 aromatic rings. The van der Waals surface area contributed by atoms with Crippen LogP contribution in [0.4, 0.5) is 5.69 Å². The molecule has 158 valence electrons. The molecule has 0 atom stereocenters. The highest BCUT2D eigenvalue weighted by Crippen LogP contribution is 2.56. The Bertz CT molecular complexity index is 1120. The van der Waals surface area contributed by atoms with Crippen molar-refractivity contribution in [3.05, 3.63) is 34.4 Å². The third kappa shape index (κ3) is 3.18. The van der Waals surface area contributed by atoms with Gasteiger partial charge in [-0.1, -0.05) is 25.6 Å². The van der Waals surface area contributed by atoms with E-state index in [4.69, 9.17) is 14.6 Å². The summed E-state index contributed by atoms with van der Waals surface area (Å²) in [6.45, 7) is 7.74. The molecular formula is C21H24N4O4S. The van der Waals surface area contributed by atoms with Gasteiger partial charge in [-0.2, -0.15) is 5.10 Å². The number of hydrogen-bond donors (Lipinski definition) is 0. The monoisotopic (exact) mass is 428 g/mol. The fraction of sp³-hybridized carbons (Fsp3) is 0.381. The number of benzene rings is 2. The Hall–Kier alpha value is -2.78. The van der Waals surface area contributed by atoms with Crippen molar-refractivity contribution in [2.24, 2.45) is 0 Å². The molecule has 2 aromatic carbocycles. The summed E-state index contributed by atoms with van der Waals surface area (Å²) >= 11 is 1.35.